The summed E-state index contributed by atoms with van der Waals surface area (Å²) in [5.74, 6) is -0.192. The van der Waals surface area contributed by atoms with Crippen molar-refractivity contribution in [2.24, 2.45) is 0 Å². The first-order valence-corrected chi connectivity index (χ1v) is 11.1. The first-order valence-electron chi connectivity index (χ1n) is 11.1. The van der Waals surface area contributed by atoms with Crippen LogP contribution in [0.2, 0.25) is 0 Å². The van der Waals surface area contributed by atoms with E-state index in [4.69, 9.17) is 9.15 Å². The fourth-order valence-corrected chi connectivity index (χ4v) is 4.23. The number of fused-ring (bicyclic) bond motifs is 1. The lowest BCUT2D eigenvalue weighted by atomic mass is 9.96. The molecule has 0 radical (unpaired) electrons. The quantitative estimate of drug-likeness (QED) is 0.279. The Labute approximate surface area is 189 Å². The predicted octanol–water partition coefficient (Wildman–Crippen LogP) is 6.69. The van der Waals surface area contributed by atoms with Gasteiger partial charge in [0.25, 0.3) is 0 Å². The lowest BCUT2D eigenvalue weighted by Gasteiger charge is -2.37. The molecule has 0 fully saturated rings. The summed E-state index contributed by atoms with van der Waals surface area (Å²) in [6.45, 7) is 5.13. The Morgan fingerprint density at radius 3 is 2.38 bits per heavy atom. The van der Waals surface area contributed by atoms with Crippen molar-refractivity contribution in [2.45, 2.75) is 38.9 Å². The summed E-state index contributed by atoms with van der Waals surface area (Å²) in [5, 5.41) is 1.03. The van der Waals surface area contributed by atoms with E-state index in [9.17, 15) is 4.79 Å². The van der Waals surface area contributed by atoms with Gasteiger partial charge in [-0.3, -0.25) is 9.69 Å². The highest BCUT2D eigenvalue weighted by Gasteiger charge is 2.29. The number of rotatable bonds is 9. The van der Waals surface area contributed by atoms with Crippen LogP contribution in [-0.2, 0) is 16.1 Å². The highest BCUT2D eigenvalue weighted by Crippen LogP contribution is 2.36. The predicted molar refractivity (Wildman–Crippen MR) is 127 cm³/mol. The lowest BCUT2D eigenvalue weighted by Crippen LogP contribution is -2.33. The van der Waals surface area contributed by atoms with E-state index < -0.39 is 0 Å². The van der Waals surface area contributed by atoms with E-state index in [1.165, 1.54) is 11.1 Å². The first-order chi connectivity index (χ1) is 15.7. The maximum absolute atomic E-state index is 12.7. The molecule has 0 saturated carbocycles. The normalized spacial score (nSPS) is 13.2. The lowest BCUT2D eigenvalue weighted by molar-refractivity contribution is -0.145. The Morgan fingerprint density at radius 1 is 0.938 bits per heavy atom. The number of hydrogen-bond donors (Lipinski definition) is 0. The molecule has 164 valence electrons. The minimum Gasteiger partial charge on any atom is -0.466 e. The second kappa shape index (κ2) is 10.3. The number of benzene rings is 3. The molecule has 0 aliphatic heterocycles. The number of carbonyl (C=O) groups is 1. The van der Waals surface area contributed by atoms with Crippen molar-refractivity contribution < 1.29 is 13.9 Å². The summed E-state index contributed by atoms with van der Waals surface area (Å²) in [7, 11) is 0. The molecule has 1 aromatic heterocycles. The molecule has 0 unspecified atom stereocenters. The second-order valence-corrected chi connectivity index (χ2v) is 7.99. The molecule has 4 aromatic rings. The van der Waals surface area contributed by atoms with Gasteiger partial charge >= 0.3 is 5.97 Å². The molecular weight excluding hydrogens is 398 g/mol. The number of carbonyl (C=O) groups excluding carboxylic acids is 1. The van der Waals surface area contributed by atoms with Crippen LogP contribution in [-0.4, -0.2) is 17.5 Å². The molecule has 32 heavy (non-hydrogen) atoms. The number of nitrogens with zero attached hydrogens (tertiary/aromatic N) is 1. The van der Waals surface area contributed by atoms with Gasteiger partial charge in [-0.1, -0.05) is 66.7 Å². The molecule has 3 aromatic carbocycles. The summed E-state index contributed by atoms with van der Waals surface area (Å²) in [4.78, 5) is 15.1. The van der Waals surface area contributed by atoms with Gasteiger partial charge < -0.3 is 9.15 Å². The van der Waals surface area contributed by atoms with E-state index in [0.717, 1.165) is 16.5 Å². The van der Waals surface area contributed by atoms with Gasteiger partial charge in [-0.2, -0.15) is 0 Å². The average molecular weight is 428 g/mol. The van der Waals surface area contributed by atoms with Crippen molar-refractivity contribution >= 4 is 16.9 Å². The third-order valence-electron chi connectivity index (χ3n) is 5.91. The molecule has 4 heteroatoms. The SMILES string of the molecule is CCOC(=O)C[C@@H](c1ccc2occc2c1)N(Cc1ccccc1)[C@H](C)c1ccccc1. The monoisotopic (exact) mass is 427 g/mol. The van der Waals surface area contributed by atoms with Crippen LogP contribution in [0, 0.1) is 0 Å². The molecule has 0 aliphatic carbocycles. The number of furan rings is 1. The van der Waals surface area contributed by atoms with Crippen LogP contribution >= 0.6 is 0 Å². The van der Waals surface area contributed by atoms with Crippen LogP contribution in [0.1, 0.15) is 49.0 Å². The van der Waals surface area contributed by atoms with Crippen LogP contribution in [0.5, 0.6) is 0 Å². The Kier molecular flexibility index (Phi) is 7.03. The first kappa shape index (κ1) is 21.8. The van der Waals surface area contributed by atoms with Gasteiger partial charge in [-0.05, 0) is 48.7 Å². The van der Waals surface area contributed by atoms with Crippen LogP contribution in [0.3, 0.4) is 0 Å². The number of hydrogen-bond acceptors (Lipinski definition) is 4. The molecule has 1 heterocycles. The van der Waals surface area contributed by atoms with Crippen molar-refractivity contribution in [3.63, 3.8) is 0 Å². The Morgan fingerprint density at radius 2 is 1.66 bits per heavy atom. The maximum Gasteiger partial charge on any atom is 0.307 e. The third kappa shape index (κ3) is 5.09. The summed E-state index contributed by atoms with van der Waals surface area (Å²) in [5.41, 5.74) is 4.33. The number of ether oxygens (including phenoxy) is 1. The smallest absolute Gasteiger partial charge is 0.307 e. The summed E-state index contributed by atoms with van der Waals surface area (Å²) >= 11 is 0. The molecule has 0 saturated heterocycles. The van der Waals surface area contributed by atoms with Gasteiger partial charge in [0.05, 0.1) is 19.3 Å². The fraction of sp³-hybridized carbons (Fsp3) is 0.250. The summed E-state index contributed by atoms with van der Waals surface area (Å²) < 4.78 is 10.9. The Balaban J connectivity index is 1.77. The fourth-order valence-electron chi connectivity index (χ4n) is 4.23. The minimum atomic E-state index is -0.192. The molecular formula is C28H29NO3. The second-order valence-electron chi connectivity index (χ2n) is 7.99. The van der Waals surface area contributed by atoms with Crippen LogP contribution in [0.25, 0.3) is 11.0 Å². The van der Waals surface area contributed by atoms with E-state index in [2.05, 4.69) is 72.5 Å². The third-order valence-corrected chi connectivity index (χ3v) is 5.91. The molecule has 0 bridgehead atoms. The van der Waals surface area contributed by atoms with Gasteiger partial charge in [0, 0.05) is 24.0 Å². The van der Waals surface area contributed by atoms with E-state index in [-0.39, 0.29) is 24.5 Å². The highest BCUT2D eigenvalue weighted by atomic mass is 16.5. The minimum absolute atomic E-state index is 0.0934. The standard InChI is InChI=1S/C28H29NO3/c1-3-31-28(30)19-26(24-14-15-27-25(18-24)16-17-32-27)29(20-22-10-6-4-7-11-22)21(2)23-12-8-5-9-13-23/h4-18,21,26H,3,19-20H2,1-2H3/t21-,26+/m1/s1. The highest BCUT2D eigenvalue weighted by molar-refractivity contribution is 5.78. The van der Waals surface area contributed by atoms with E-state index in [0.29, 0.717) is 13.2 Å². The van der Waals surface area contributed by atoms with E-state index in [1.807, 2.05) is 31.2 Å². The van der Waals surface area contributed by atoms with E-state index >= 15 is 0 Å². The summed E-state index contributed by atoms with van der Waals surface area (Å²) in [6.07, 6.45) is 1.98. The van der Waals surface area contributed by atoms with Crippen LogP contribution < -0.4 is 0 Å². The van der Waals surface area contributed by atoms with Gasteiger partial charge in [-0.15, -0.1) is 0 Å². The Bertz CT molecular complexity index is 1140. The molecule has 4 nitrogen and oxygen atoms in total. The zero-order valence-corrected chi connectivity index (χ0v) is 18.6. The van der Waals surface area contributed by atoms with Crippen molar-refractivity contribution in [1.29, 1.82) is 0 Å². The summed E-state index contributed by atoms with van der Waals surface area (Å²) in [6, 6.07) is 28.9. The van der Waals surface area contributed by atoms with Gasteiger partial charge in [0.1, 0.15) is 5.58 Å². The molecule has 0 spiro atoms. The molecule has 4 rings (SSSR count). The van der Waals surface area contributed by atoms with Crippen molar-refractivity contribution in [3.8, 4) is 0 Å². The molecule has 0 aliphatic rings. The molecule has 2 atom stereocenters. The van der Waals surface area contributed by atoms with Gasteiger partial charge in [0.15, 0.2) is 0 Å². The van der Waals surface area contributed by atoms with Crippen LogP contribution in [0.15, 0.2) is 95.6 Å². The van der Waals surface area contributed by atoms with E-state index in [1.54, 1.807) is 6.26 Å². The van der Waals surface area contributed by atoms with Crippen molar-refractivity contribution in [2.75, 3.05) is 6.61 Å². The largest absolute Gasteiger partial charge is 0.466 e. The molecule has 0 N–H and O–H groups in total. The van der Waals surface area contributed by atoms with Crippen LogP contribution in [0.4, 0.5) is 0 Å². The maximum atomic E-state index is 12.7. The van der Waals surface area contributed by atoms with Crippen molar-refractivity contribution in [3.05, 3.63) is 108 Å². The number of esters is 1. The molecule has 0 amide bonds. The Hall–Kier alpha value is -3.37. The van der Waals surface area contributed by atoms with Gasteiger partial charge in [-0.25, -0.2) is 0 Å². The zero-order valence-electron chi connectivity index (χ0n) is 18.6. The average Bonchev–Trinajstić information content (AvgIpc) is 3.30. The zero-order chi connectivity index (χ0) is 22.3. The van der Waals surface area contributed by atoms with Crippen molar-refractivity contribution in [1.82, 2.24) is 4.90 Å². The topological polar surface area (TPSA) is 42.7 Å². The van der Waals surface area contributed by atoms with Gasteiger partial charge in [0.2, 0.25) is 0 Å².